The highest BCUT2D eigenvalue weighted by Crippen LogP contribution is 2.53. The van der Waals surface area contributed by atoms with Crippen molar-refractivity contribution in [2.75, 3.05) is 13.2 Å². The van der Waals surface area contributed by atoms with E-state index in [0.717, 1.165) is 19.3 Å². The fraction of sp³-hybridized carbons (Fsp3) is 0.913. The van der Waals surface area contributed by atoms with Crippen molar-refractivity contribution in [3.8, 4) is 0 Å². The van der Waals surface area contributed by atoms with Crippen LogP contribution in [0.25, 0.3) is 0 Å². The fourth-order valence-corrected chi connectivity index (χ4v) is 6.60. The second-order valence-corrected chi connectivity index (χ2v) is 17.8. The van der Waals surface area contributed by atoms with Gasteiger partial charge in [0.25, 0.3) is 0 Å². The van der Waals surface area contributed by atoms with Gasteiger partial charge in [-0.3, -0.25) is 14.2 Å². The number of carbonyl (C=O) groups is 2. The molecule has 0 radical (unpaired) electrons. The molecule has 1 fully saturated rings. The Bertz CT molecular complexity index is 689. The number of hydrogen-bond donors (Lipinski definition) is 0. The van der Waals surface area contributed by atoms with Gasteiger partial charge in [-0.25, -0.2) is 0 Å². The molecule has 1 unspecified atom stereocenters. The minimum Gasteiger partial charge on any atom is -0.454 e. The number of rotatable bonds is 9. The Hall–Kier alpha value is -0.533. The summed E-state index contributed by atoms with van der Waals surface area (Å²) in [5, 5.41) is 0.0233. The summed E-state index contributed by atoms with van der Waals surface area (Å²) in [5.74, 6) is -0.879. The molecule has 1 aliphatic rings. The van der Waals surface area contributed by atoms with E-state index in [1.165, 1.54) is 6.92 Å². The van der Waals surface area contributed by atoms with Crippen molar-refractivity contribution >= 4 is 27.7 Å². The molecule has 0 spiro atoms. The van der Waals surface area contributed by atoms with Gasteiger partial charge in [-0.05, 0) is 58.2 Å². The van der Waals surface area contributed by atoms with Crippen LogP contribution in [-0.4, -0.2) is 51.2 Å². The molecule has 1 rings (SSSR count). The lowest BCUT2D eigenvalue weighted by Crippen LogP contribution is -2.53. The smallest absolute Gasteiger partial charge is 0.344 e. The van der Waals surface area contributed by atoms with E-state index in [-0.39, 0.29) is 30.1 Å². The summed E-state index contributed by atoms with van der Waals surface area (Å²) in [6, 6.07) is 0. The number of hydrogen-bond acceptors (Lipinski definition) is 7. The van der Waals surface area contributed by atoms with E-state index in [9.17, 15) is 14.2 Å². The first-order valence-electron chi connectivity index (χ1n) is 11.8. The van der Waals surface area contributed by atoms with Crippen molar-refractivity contribution < 1.29 is 32.4 Å². The Morgan fingerprint density at radius 1 is 1.12 bits per heavy atom. The molecule has 9 heteroatoms. The van der Waals surface area contributed by atoms with Crippen molar-refractivity contribution in [1.82, 2.24) is 0 Å². The lowest BCUT2D eigenvalue weighted by molar-refractivity contribution is -0.162. The molecule has 0 saturated heterocycles. The van der Waals surface area contributed by atoms with E-state index in [1.807, 2.05) is 13.8 Å². The summed E-state index contributed by atoms with van der Waals surface area (Å²) in [5.41, 5.74) is -1.92. The quantitative estimate of drug-likeness (QED) is 0.218. The first-order valence-corrected chi connectivity index (χ1v) is 16.4. The van der Waals surface area contributed by atoms with Gasteiger partial charge in [0.1, 0.15) is 0 Å². The molecule has 0 aromatic carbocycles. The van der Waals surface area contributed by atoms with Crippen LogP contribution in [0.1, 0.15) is 81.1 Å². The van der Waals surface area contributed by atoms with E-state index >= 15 is 0 Å². The van der Waals surface area contributed by atoms with Crippen molar-refractivity contribution in [2.24, 2.45) is 5.41 Å². The molecule has 0 aromatic rings. The molecular weight excluding hydrogens is 447 g/mol. The zero-order chi connectivity index (χ0) is 25.0. The Morgan fingerprint density at radius 3 is 2.09 bits per heavy atom. The van der Waals surface area contributed by atoms with E-state index < -0.39 is 39.1 Å². The van der Waals surface area contributed by atoms with Gasteiger partial charge in [-0.15, -0.1) is 0 Å². The van der Waals surface area contributed by atoms with Crippen LogP contribution < -0.4 is 0 Å². The molecule has 1 aliphatic carbocycles. The highest BCUT2D eigenvalue weighted by atomic mass is 31.2. The third-order valence-electron chi connectivity index (χ3n) is 6.85. The summed E-state index contributed by atoms with van der Waals surface area (Å²) in [6.45, 7) is 19.8. The lowest BCUT2D eigenvalue weighted by atomic mass is 9.75. The van der Waals surface area contributed by atoms with Gasteiger partial charge in [0.2, 0.25) is 0 Å². The van der Waals surface area contributed by atoms with Crippen molar-refractivity contribution in [1.29, 1.82) is 0 Å². The summed E-state index contributed by atoms with van der Waals surface area (Å²) < 4.78 is 35.9. The molecule has 3 atom stereocenters. The standard InChI is InChI=1S/C23H45O7PSi/c1-11-27-31(26,28-12-2)17(3)21(25)29-18-15-13-14-16-19(23(7,8)20(18)24)30-32(9,10)22(4,5)6/h17-19H,11-16H2,1-10H3/t17?,18-,19-/m1/s1. The number of esters is 1. The second-order valence-electron chi connectivity index (χ2n) is 10.7. The van der Waals surface area contributed by atoms with Gasteiger partial charge in [-0.1, -0.05) is 41.0 Å². The number of Topliss-reactive ketones (excluding diaryl/α,β-unsaturated/α-hetero) is 1. The maximum atomic E-state index is 13.6. The molecule has 188 valence electrons. The van der Waals surface area contributed by atoms with Crippen LogP contribution in [0.5, 0.6) is 0 Å². The van der Waals surface area contributed by atoms with Gasteiger partial charge in [-0.2, -0.15) is 0 Å². The minimum atomic E-state index is -3.67. The number of ketones is 1. The minimum absolute atomic E-state index is 0.0233. The van der Waals surface area contributed by atoms with E-state index in [4.69, 9.17) is 18.2 Å². The molecule has 0 aliphatic heterocycles. The molecule has 0 bridgehead atoms. The second kappa shape index (κ2) is 11.3. The Morgan fingerprint density at radius 2 is 1.62 bits per heavy atom. The van der Waals surface area contributed by atoms with Gasteiger partial charge in [0.05, 0.1) is 24.7 Å². The highest BCUT2D eigenvalue weighted by Gasteiger charge is 2.49. The summed E-state index contributed by atoms with van der Waals surface area (Å²) in [7, 11) is -5.76. The Balaban J connectivity index is 3.08. The predicted octanol–water partition coefficient (Wildman–Crippen LogP) is 6.11. The van der Waals surface area contributed by atoms with Gasteiger partial charge in [0.15, 0.2) is 25.9 Å². The third kappa shape index (κ3) is 6.99. The molecular formula is C23H45O7PSi. The maximum Gasteiger partial charge on any atom is 0.344 e. The van der Waals surface area contributed by atoms with Crippen LogP contribution in [0.3, 0.4) is 0 Å². The van der Waals surface area contributed by atoms with Gasteiger partial charge in [0, 0.05) is 0 Å². The largest absolute Gasteiger partial charge is 0.454 e. The lowest BCUT2D eigenvalue weighted by Gasteiger charge is -2.45. The number of ether oxygens (including phenoxy) is 1. The summed E-state index contributed by atoms with van der Waals surface area (Å²) in [4.78, 5) is 26.4. The normalized spacial score (nSPS) is 23.9. The van der Waals surface area contributed by atoms with Crippen molar-refractivity contribution in [2.45, 2.75) is 117 Å². The topological polar surface area (TPSA) is 88.1 Å². The van der Waals surface area contributed by atoms with Crippen molar-refractivity contribution in [3.05, 3.63) is 0 Å². The average molecular weight is 493 g/mol. The van der Waals surface area contributed by atoms with Gasteiger partial charge < -0.3 is 18.2 Å². The third-order valence-corrected chi connectivity index (χ3v) is 13.7. The van der Waals surface area contributed by atoms with E-state index in [2.05, 4.69) is 33.9 Å². The van der Waals surface area contributed by atoms with Gasteiger partial charge >= 0.3 is 13.6 Å². The van der Waals surface area contributed by atoms with Crippen molar-refractivity contribution in [3.63, 3.8) is 0 Å². The molecule has 1 saturated carbocycles. The average Bonchev–Trinajstić information content (AvgIpc) is 2.66. The zero-order valence-corrected chi connectivity index (χ0v) is 23.7. The fourth-order valence-electron chi connectivity index (χ4n) is 3.56. The molecule has 0 amide bonds. The van der Waals surface area contributed by atoms with E-state index in [0.29, 0.717) is 6.42 Å². The zero-order valence-electron chi connectivity index (χ0n) is 21.8. The summed E-state index contributed by atoms with van der Waals surface area (Å²) >= 11 is 0. The molecule has 0 N–H and O–H groups in total. The van der Waals surface area contributed by atoms with Crippen LogP contribution in [0.2, 0.25) is 18.1 Å². The maximum absolute atomic E-state index is 13.6. The first-order chi connectivity index (χ1) is 14.5. The van der Waals surface area contributed by atoms with E-state index in [1.54, 1.807) is 13.8 Å². The molecule has 7 nitrogen and oxygen atoms in total. The van der Waals surface area contributed by atoms with Crippen LogP contribution in [0.15, 0.2) is 0 Å². The molecule has 0 heterocycles. The van der Waals surface area contributed by atoms with Crippen LogP contribution in [0, 0.1) is 5.41 Å². The van der Waals surface area contributed by atoms with Crippen LogP contribution in [0.4, 0.5) is 0 Å². The monoisotopic (exact) mass is 492 g/mol. The van der Waals surface area contributed by atoms with Crippen LogP contribution in [-0.2, 0) is 32.4 Å². The highest BCUT2D eigenvalue weighted by molar-refractivity contribution is 7.55. The first kappa shape index (κ1) is 29.5. The SMILES string of the molecule is CCOP(=O)(OCC)C(C)C(=O)O[C@@H]1CCCC[C@@H](O[Si](C)(C)C(C)(C)C)C(C)(C)C1=O. The Kier molecular flexibility index (Phi) is 10.4. The Labute approximate surface area is 196 Å². The predicted molar refractivity (Wildman–Crippen MR) is 130 cm³/mol. The molecule has 0 aromatic heterocycles. The van der Waals surface area contributed by atoms with Crippen LogP contribution >= 0.6 is 7.60 Å². The number of carbonyl (C=O) groups excluding carboxylic acids is 2. The molecule has 32 heavy (non-hydrogen) atoms. The summed E-state index contributed by atoms with van der Waals surface area (Å²) in [6.07, 6.45) is 1.74.